The number of rotatable bonds is 44. The van der Waals surface area contributed by atoms with Gasteiger partial charge in [-0.3, -0.25) is 43.2 Å². The van der Waals surface area contributed by atoms with Crippen molar-refractivity contribution < 1.29 is 53.1 Å². The molecule has 0 aliphatic carbocycles. The molecular formula is C57H110N14O11. The van der Waals surface area contributed by atoms with E-state index in [1.807, 2.05) is 41.5 Å². The lowest BCUT2D eigenvalue weighted by molar-refractivity contribution is -0.142. The number of amides is 9. The SMILES string of the molecule is CC(C)C[C@H](NC(=O)[C@@H](N)C(C)C)C(=O)N[C@@H](CCCCN)C(=O)N[C@@H](CCCCN)C(=O)N[C@H](C(=O)N[C@@H](CC(C)C)C(=O)N[C@@H](CCCCN)C(=O)N[C@H](C(=O)N[C@@H](CC(C)C)C(=O)N[C@@H](CCCCN)C(=O)O)C(C)C)C(C)C. The molecule has 0 aliphatic heterocycles. The van der Waals surface area contributed by atoms with Crippen molar-refractivity contribution in [2.45, 2.75) is 240 Å². The van der Waals surface area contributed by atoms with Gasteiger partial charge < -0.3 is 81.6 Å². The van der Waals surface area contributed by atoms with Crippen LogP contribution in [0.25, 0.3) is 0 Å². The van der Waals surface area contributed by atoms with Crippen LogP contribution in [-0.2, 0) is 47.9 Å². The van der Waals surface area contributed by atoms with Gasteiger partial charge in [0.25, 0.3) is 0 Å². The first kappa shape index (κ1) is 76.5. The lowest BCUT2D eigenvalue weighted by Crippen LogP contribution is -2.61. The Balaban J connectivity index is 6.79. The maximum absolute atomic E-state index is 14.4. The minimum Gasteiger partial charge on any atom is -0.480 e. The summed E-state index contributed by atoms with van der Waals surface area (Å²) < 4.78 is 0. The van der Waals surface area contributed by atoms with Gasteiger partial charge in [0.15, 0.2) is 0 Å². The van der Waals surface area contributed by atoms with Gasteiger partial charge in [-0.05, 0) is 158 Å². The van der Waals surface area contributed by atoms with Crippen molar-refractivity contribution >= 4 is 59.1 Å². The summed E-state index contributed by atoms with van der Waals surface area (Å²) in [5, 5.41) is 34.5. The van der Waals surface area contributed by atoms with Crippen molar-refractivity contribution in [1.29, 1.82) is 0 Å². The van der Waals surface area contributed by atoms with Crippen molar-refractivity contribution in [2.24, 2.45) is 64.2 Å². The molecule has 25 heteroatoms. The molecular weight excluding hydrogens is 1060 g/mol. The van der Waals surface area contributed by atoms with Gasteiger partial charge in [-0.15, -0.1) is 0 Å². The lowest BCUT2D eigenvalue weighted by atomic mass is 9.98. The molecule has 0 spiro atoms. The van der Waals surface area contributed by atoms with Gasteiger partial charge in [0.2, 0.25) is 53.2 Å². The van der Waals surface area contributed by atoms with Crippen LogP contribution in [0.5, 0.6) is 0 Å². The van der Waals surface area contributed by atoms with Gasteiger partial charge in [0, 0.05) is 0 Å². The Kier molecular flexibility index (Phi) is 38.7. The Hall–Kier alpha value is -5.50. The highest BCUT2D eigenvalue weighted by Crippen LogP contribution is 2.15. The van der Waals surface area contributed by atoms with Gasteiger partial charge in [-0.2, -0.15) is 0 Å². The van der Waals surface area contributed by atoms with Crippen LogP contribution in [0, 0.1) is 35.5 Å². The Morgan fingerprint density at radius 1 is 0.305 bits per heavy atom. The van der Waals surface area contributed by atoms with Crippen molar-refractivity contribution in [3.05, 3.63) is 0 Å². The summed E-state index contributed by atoms with van der Waals surface area (Å²) in [7, 11) is 0. The molecule has 474 valence electrons. The number of aliphatic carboxylic acids is 1. The Bertz CT molecular complexity index is 1970. The van der Waals surface area contributed by atoms with Crippen LogP contribution in [-0.4, -0.2) is 151 Å². The van der Waals surface area contributed by atoms with Gasteiger partial charge >= 0.3 is 5.97 Å². The third kappa shape index (κ3) is 30.7. The number of carboxylic acids is 1. The third-order valence-corrected chi connectivity index (χ3v) is 13.8. The van der Waals surface area contributed by atoms with Crippen molar-refractivity contribution in [3.63, 3.8) is 0 Å². The highest BCUT2D eigenvalue weighted by molar-refractivity contribution is 5.98. The van der Waals surface area contributed by atoms with E-state index in [4.69, 9.17) is 28.7 Å². The molecule has 0 heterocycles. The second-order valence-corrected chi connectivity index (χ2v) is 24.0. The van der Waals surface area contributed by atoms with E-state index in [0.29, 0.717) is 77.5 Å². The zero-order valence-electron chi connectivity index (χ0n) is 51.6. The summed E-state index contributed by atoms with van der Waals surface area (Å²) in [5.74, 6) is -8.82. The largest absolute Gasteiger partial charge is 0.480 e. The molecule has 10 atom stereocenters. The average Bonchev–Trinajstić information content (AvgIpc) is 3.46. The highest BCUT2D eigenvalue weighted by atomic mass is 16.4. The number of nitrogens with one attached hydrogen (secondary N) is 9. The summed E-state index contributed by atoms with van der Waals surface area (Å²) in [5.41, 5.74) is 29.1. The van der Waals surface area contributed by atoms with E-state index in [-0.39, 0.29) is 68.6 Å². The molecule has 0 saturated heterocycles. The molecule has 20 N–H and O–H groups in total. The van der Waals surface area contributed by atoms with Gasteiger partial charge in [0.05, 0.1) is 6.04 Å². The quantitative estimate of drug-likeness (QED) is 0.0367. The Labute approximate surface area is 488 Å². The minimum absolute atomic E-state index is 0.0216. The molecule has 0 fully saturated rings. The van der Waals surface area contributed by atoms with Crippen LogP contribution in [0.15, 0.2) is 0 Å². The second-order valence-electron chi connectivity index (χ2n) is 24.0. The first-order chi connectivity index (χ1) is 38.4. The zero-order chi connectivity index (χ0) is 62.8. The number of carbonyl (C=O) groups excluding carboxylic acids is 9. The van der Waals surface area contributed by atoms with Gasteiger partial charge in [0.1, 0.15) is 54.4 Å². The first-order valence-electron chi connectivity index (χ1n) is 30.0. The van der Waals surface area contributed by atoms with E-state index in [2.05, 4.69) is 47.9 Å². The molecule has 0 rings (SSSR count). The highest BCUT2D eigenvalue weighted by Gasteiger charge is 2.37. The van der Waals surface area contributed by atoms with Crippen LogP contribution in [0.3, 0.4) is 0 Å². The Morgan fingerprint density at radius 3 is 0.780 bits per heavy atom. The standard InChI is InChI=1S/C57H110N14O11/c1-32(2)29-42(67-54(78)45(62)35(7)8)51(75)64-38(21-13-17-25-58)48(72)63-39(22-14-18-26-59)49(73)70-46(36(9)10)55(79)68-43(30-33(3)4)52(76)65-40(23-15-19-27-60)50(74)71-47(37(11)12)56(80)69-44(31-34(5)6)53(77)66-41(57(81)82)24-16-20-28-61/h32-47H,13-31,58-62H2,1-12H3,(H,63,72)(H,64,75)(H,65,76)(H,66,77)(H,67,78)(H,68,79)(H,69,80)(H,70,73)(H,71,74)(H,81,82)/t38-,39-,40-,41-,42-,43-,44-,45-,46-,47-/m0/s1. The normalized spacial score (nSPS) is 15.3. The molecule has 0 aromatic rings. The maximum Gasteiger partial charge on any atom is 0.326 e. The molecule has 0 bridgehead atoms. The van der Waals surface area contributed by atoms with Crippen LogP contribution < -0.4 is 76.5 Å². The number of hydrogen-bond donors (Lipinski definition) is 15. The van der Waals surface area contributed by atoms with E-state index < -0.39 is 131 Å². The maximum atomic E-state index is 14.4. The molecule has 25 nitrogen and oxygen atoms in total. The fraction of sp³-hybridized carbons (Fsp3) is 0.825. The smallest absolute Gasteiger partial charge is 0.326 e. The summed E-state index contributed by atoms with van der Waals surface area (Å²) in [6.45, 7) is 22.8. The van der Waals surface area contributed by atoms with Crippen LogP contribution in [0.4, 0.5) is 0 Å². The fourth-order valence-electron chi connectivity index (χ4n) is 8.90. The average molecular weight is 1170 g/mol. The minimum atomic E-state index is -1.23. The van der Waals surface area contributed by atoms with Gasteiger partial charge in [-0.1, -0.05) is 83.1 Å². The van der Waals surface area contributed by atoms with Crippen molar-refractivity contribution in [1.82, 2.24) is 47.9 Å². The molecule has 0 aromatic heterocycles. The third-order valence-electron chi connectivity index (χ3n) is 13.8. The summed E-state index contributed by atoms with van der Waals surface area (Å²) in [6.07, 6.45) is 4.87. The number of nitrogens with two attached hydrogens (primary N) is 5. The summed E-state index contributed by atoms with van der Waals surface area (Å²) >= 11 is 0. The molecule has 0 saturated carbocycles. The Morgan fingerprint density at radius 2 is 0.537 bits per heavy atom. The fourth-order valence-corrected chi connectivity index (χ4v) is 8.90. The summed E-state index contributed by atoms with van der Waals surface area (Å²) in [4.78, 5) is 138. The molecule has 0 radical (unpaired) electrons. The molecule has 82 heavy (non-hydrogen) atoms. The second kappa shape index (κ2) is 41.5. The predicted octanol–water partition coefficient (Wildman–Crippen LogP) is 0.384. The van der Waals surface area contributed by atoms with Crippen molar-refractivity contribution in [2.75, 3.05) is 26.2 Å². The summed E-state index contributed by atoms with van der Waals surface area (Å²) in [6, 6.07) is -11.4. The van der Waals surface area contributed by atoms with E-state index in [9.17, 15) is 53.1 Å². The zero-order valence-corrected chi connectivity index (χ0v) is 51.6. The first-order valence-corrected chi connectivity index (χ1v) is 30.0. The van der Waals surface area contributed by atoms with Crippen LogP contribution in [0.2, 0.25) is 0 Å². The monoisotopic (exact) mass is 1170 g/mol. The number of hydrogen-bond acceptors (Lipinski definition) is 15. The molecule has 0 aliphatic rings. The molecule has 0 aromatic carbocycles. The number of carbonyl (C=O) groups is 10. The molecule has 9 amide bonds. The van der Waals surface area contributed by atoms with E-state index in [0.717, 1.165) is 0 Å². The predicted molar refractivity (Wildman–Crippen MR) is 317 cm³/mol. The van der Waals surface area contributed by atoms with Gasteiger partial charge in [-0.25, -0.2) is 4.79 Å². The number of unbranched alkanes of at least 4 members (excludes halogenated alkanes) is 4. The van der Waals surface area contributed by atoms with E-state index >= 15 is 0 Å². The van der Waals surface area contributed by atoms with E-state index in [1.165, 1.54) is 0 Å². The van der Waals surface area contributed by atoms with Crippen molar-refractivity contribution in [3.8, 4) is 0 Å². The van der Waals surface area contributed by atoms with Crippen LogP contribution in [0.1, 0.15) is 179 Å². The topological polar surface area (TPSA) is 429 Å². The van der Waals surface area contributed by atoms with E-state index in [1.54, 1.807) is 41.5 Å². The van der Waals surface area contributed by atoms with Crippen LogP contribution >= 0.6 is 0 Å². The number of carboxylic acid groups (broad SMARTS) is 1. The molecule has 0 unspecified atom stereocenters. The lowest BCUT2D eigenvalue weighted by Gasteiger charge is -2.30.